The third-order valence-corrected chi connectivity index (χ3v) is 4.71. The highest BCUT2D eigenvalue weighted by molar-refractivity contribution is 5.73. The van der Waals surface area contributed by atoms with E-state index < -0.39 is 0 Å². The fourth-order valence-electron chi connectivity index (χ4n) is 3.26. The molecule has 1 amide bonds. The van der Waals surface area contributed by atoms with E-state index in [-0.39, 0.29) is 5.91 Å². The maximum atomic E-state index is 11.3. The number of rotatable bonds is 3. The molecule has 2 saturated heterocycles. The largest absolute Gasteiger partial charge is 0.340 e. The van der Waals surface area contributed by atoms with Crippen molar-refractivity contribution in [3.8, 4) is 0 Å². The molecule has 2 aliphatic rings. The summed E-state index contributed by atoms with van der Waals surface area (Å²) < 4.78 is 0. The minimum atomic E-state index is 0.227. The number of amides is 1. The van der Waals surface area contributed by atoms with Crippen LogP contribution in [0.15, 0.2) is 0 Å². The van der Waals surface area contributed by atoms with Crippen LogP contribution in [0, 0.1) is 5.92 Å². The van der Waals surface area contributed by atoms with E-state index in [4.69, 9.17) is 0 Å². The fraction of sp³-hybridized carbons (Fsp3) is 0.933. The molecule has 0 spiro atoms. The Morgan fingerprint density at radius 1 is 1.05 bits per heavy atom. The number of carbonyl (C=O) groups is 1. The third-order valence-electron chi connectivity index (χ3n) is 4.71. The van der Waals surface area contributed by atoms with Gasteiger partial charge in [0.2, 0.25) is 5.91 Å². The molecule has 4 heteroatoms. The first-order chi connectivity index (χ1) is 9.06. The summed E-state index contributed by atoms with van der Waals surface area (Å²) in [6.07, 6.45) is 2.68. The van der Waals surface area contributed by atoms with Gasteiger partial charge in [-0.3, -0.25) is 9.69 Å². The van der Waals surface area contributed by atoms with Crippen molar-refractivity contribution >= 4 is 5.91 Å². The smallest absolute Gasteiger partial charge is 0.219 e. The topological polar surface area (TPSA) is 26.8 Å². The summed E-state index contributed by atoms with van der Waals surface area (Å²) in [7, 11) is 0. The minimum absolute atomic E-state index is 0.227. The molecular weight excluding hydrogens is 238 g/mol. The van der Waals surface area contributed by atoms with E-state index >= 15 is 0 Å². The fourth-order valence-corrected chi connectivity index (χ4v) is 3.26. The van der Waals surface area contributed by atoms with Gasteiger partial charge in [0.1, 0.15) is 0 Å². The van der Waals surface area contributed by atoms with Crippen molar-refractivity contribution in [1.82, 2.24) is 14.7 Å². The number of hydrogen-bond donors (Lipinski definition) is 0. The molecule has 2 fully saturated rings. The number of piperazine rings is 1. The maximum Gasteiger partial charge on any atom is 0.219 e. The Labute approximate surface area is 117 Å². The number of hydrogen-bond acceptors (Lipinski definition) is 3. The second-order valence-corrected chi connectivity index (χ2v) is 6.38. The molecule has 0 atom stereocenters. The van der Waals surface area contributed by atoms with Crippen molar-refractivity contribution < 1.29 is 4.79 Å². The number of nitrogens with zero attached hydrogens (tertiary/aromatic N) is 3. The van der Waals surface area contributed by atoms with Gasteiger partial charge < -0.3 is 9.80 Å². The van der Waals surface area contributed by atoms with E-state index in [1.54, 1.807) is 6.92 Å². The molecule has 0 saturated carbocycles. The number of carbonyl (C=O) groups excluding carboxylic acids is 1. The molecule has 0 aromatic heterocycles. The average Bonchev–Trinajstić information content (AvgIpc) is 2.40. The van der Waals surface area contributed by atoms with Gasteiger partial charge in [-0.25, -0.2) is 0 Å². The van der Waals surface area contributed by atoms with Gasteiger partial charge in [-0.15, -0.1) is 0 Å². The van der Waals surface area contributed by atoms with Gasteiger partial charge in [0.25, 0.3) is 0 Å². The standard InChI is InChI=1S/C15H29N3O/c1-13(2)17-6-4-15(5-7-17)12-16-8-10-18(11-9-16)14(3)19/h13,15H,4-12H2,1-3H3. The van der Waals surface area contributed by atoms with Crippen LogP contribution in [-0.4, -0.2) is 72.5 Å². The van der Waals surface area contributed by atoms with Gasteiger partial charge in [0.05, 0.1) is 0 Å². The highest BCUT2D eigenvalue weighted by atomic mass is 16.2. The second kappa shape index (κ2) is 6.71. The van der Waals surface area contributed by atoms with Crippen molar-refractivity contribution in [1.29, 1.82) is 0 Å². The van der Waals surface area contributed by atoms with Gasteiger partial charge in [-0.2, -0.15) is 0 Å². The van der Waals surface area contributed by atoms with E-state index in [1.807, 2.05) is 4.90 Å². The van der Waals surface area contributed by atoms with Gasteiger partial charge in [-0.05, 0) is 45.7 Å². The normalized spacial score (nSPS) is 24.1. The lowest BCUT2D eigenvalue weighted by atomic mass is 9.95. The van der Waals surface area contributed by atoms with Gasteiger partial charge in [0, 0.05) is 45.7 Å². The van der Waals surface area contributed by atoms with Crippen molar-refractivity contribution in [3.63, 3.8) is 0 Å². The predicted molar refractivity (Wildman–Crippen MR) is 78.1 cm³/mol. The zero-order valence-electron chi connectivity index (χ0n) is 12.8. The summed E-state index contributed by atoms with van der Waals surface area (Å²) in [5.74, 6) is 1.09. The molecule has 2 heterocycles. The van der Waals surface area contributed by atoms with E-state index in [2.05, 4.69) is 23.6 Å². The van der Waals surface area contributed by atoms with E-state index in [0.717, 1.165) is 32.1 Å². The molecule has 110 valence electrons. The van der Waals surface area contributed by atoms with Crippen LogP contribution in [0.1, 0.15) is 33.6 Å². The molecule has 0 aliphatic carbocycles. The molecule has 0 aromatic carbocycles. The minimum Gasteiger partial charge on any atom is -0.340 e. The Bertz CT molecular complexity index is 290. The van der Waals surface area contributed by atoms with Crippen LogP contribution in [0.5, 0.6) is 0 Å². The SMILES string of the molecule is CC(=O)N1CCN(CC2CCN(C(C)C)CC2)CC1. The monoisotopic (exact) mass is 267 g/mol. The molecule has 0 radical (unpaired) electrons. The van der Waals surface area contributed by atoms with E-state index in [1.165, 1.54) is 32.5 Å². The number of piperidine rings is 1. The first-order valence-corrected chi connectivity index (χ1v) is 7.78. The lowest BCUT2D eigenvalue weighted by Gasteiger charge is -2.39. The van der Waals surface area contributed by atoms with Crippen LogP contribution < -0.4 is 0 Å². The lowest BCUT2D eigenvalue weighted by Crippen LogP contribution is -2.50. The Hall–Kier alpha value is -0.610. The number of likely N-dealkylation sites (tertiary alicyclic amines) is 1. The summed E-state index contributed by atoms with van der Waals surface area (Å²) in [6.45, 7) is 14.0. The summed E-state index contributed by atoms with van der Waals surface area (Å²) in [6, 6.07) is 0.695. The molecule has 2 rings (SSSR count). The summed E-state index contributed by atoms with van der Waals surface area (Å²) in [5, 5.41) is 0. The Kier molecular flexibility index (Phi) is 5.22. The van der Waals surface area contributed by atoms with Crippen LogP contribution >= 0.6 is 0 Å². The molecule has 4 nitrogen and oxygen atoms in total. The second-order valence-electron chi connectivity index (χ2n) is 6.38. The molecule has 0 bridgehead atoms. The average molecular weight is 267 g/mol. The highest BCUT2D eigenvalue weighted by Gasteiger charge is 2.25. The molecular formula is C15H29N3O. The van der Waals surface area contributed by atoms with Gasteiger partial charge in [0.15, 0.2) is 0 Å². The zero-order chi connectivity index (χ0) is 13.8. The summed E-state index contributed by atoms with van der Waals surface area (Å²) in [4.78, 5) is 18.4. The van der Waals surface area contributed by atoms with Crippen LogP contribution in [-0.2, 0) is 4.79 Å². The van der Waals surface area contributed by atoms with Crippen molar-refractivity contribution in [2.45, 2.75) is 39.7 Å². The lowest BCUT2D eigenvalue weighted by molar-refractivity contribution is -0.130. The first-order valence-electron chi connectivity index (χ1n) is 7.78. The van der Waals surface area contributed by atoms with Gasteiger partial charge >= 0.3 is 0 Å². The van der Waals surface area contributed by atoms with Crippen LogP contribution in [0.25, 0.3) is 0 Å². The van der Waals surface area contributed by atoms with Gasteiger partial charge in [-0.1, -0.05) is 0 Å². The molecule has 0 unspecified atom stereocenters. The Morgan fingerprint density at radius 2 is 1.63 bits per heavy atom. The molecule has 0 N–H and O–H groups in total. The molecule has 19 heavy (non-hydrogen) atoms. The molecule has 0 aromatic rings. The summed E-state index contributed by atoms with van der Waals surface area (Å²) in [5.41, 5.74) is 0. The van der Waals surface area contributed by atoms with E-state index in [0.29, 0.717) is 6.04 Å². The highest BCUT2D eigenvalue weighted by Crippen LogP contribution is 2.20. The maximum absolute atomic E-state index is 11.3. The Morgan fingerprint density at radius 3 is 2.11 bits per heavy atom. The zero-order valence-corrected chi connectivity index (χ0v) is 12.8. The quantitative estimate of drug-likeness (QED) is 0.770. The van der Waals surface area contributed by atoms with E-state index in [9.17, 15) is 4.79 Å². The van der Waals surface area contributed by atoms with Crippen LogP contribution in [0.4, 0.5) is 0 Å². The Balaban J connectivity index is 1.68. The van der Waals surface area contributed by atoms with Crippen molar-refractivity contribution in [2.75, 3.05) is 45.8 Å². The van der Waals surface area contributed by atoms with Crippen LogP contribution in [0.3, 0.4) is 0 Å². The van der Waals surface area contributed by atoms with Crippen LogP contribution in [0.2, 0.25) is 0 Å². The predicted octanol–water partition coefficient (Wildman–Crippen LogP) is 1.27. The summed E-state index contributed by atoms with van der Waals surface area (Å²) >= 11 is 0. The molecule has 2 aliphatic heterocycles. The van der Waals surface area contributed by atoms with Crippen molar-refractivity contribution in [2.24, 2.45) is 5.92 Å². The third kappa shape index (κ3) is 4.18. The first kappa shape index (κ1) is 14.8. The van der Waals surface area contributed by atoms with Crippen molar-refractivity contribution in [3.05, 3.63) is 0 Å².